The summed E-state index contributed by atoms with van der Waals surface area (Å²) in [5.74, 6) is 0.134. The molecule has 0 aliphatic carbocycles. The van der Waals surface area contributed by atoms with Gasteiger partial charge in [-0.25, -0.2) is 4.79 Å². The summed E-state index contributed by atoms with van der Waals surface area (Å²) in [5, 5.41) is 0. The summed E-state index contributed by atoms with van der Waals surface area (Å²) in [6.45, 7) is 0.280. The van der Waals surface area contributed by atoms with Gasteiger partial charge < -0.3 is 9.64 Å². The lowest BCUT2D eigenvalue weighted by Gasteiger charge is -2.37. The van der Waals surface area contributed by atoms with Crippen LogP contribution in [0.1, 0.15) is 41.6 Å². The molecule has 3 aromatic carbocycles. The van der Waals surface area contributed by atoms with Crippen LogP contribution in [0.3, 0.4) is 0 Å². The maximum Gasteiger partial charge on any atom is 0.410 e. The molecule has 0 radical (unpaired) electrons. The third-order valence-electron chi connectivity index (χ3n) is 6.80. The van der Waals surface area contributed by atoms with E-state index in [0.717, 1.165) is 35.1 Å². The van der Waals surface area contributed by atoms with Crippen molar-refractivity contribution in [1.29, 1.82) is 0 Å². The second kappa shape index (κ2) is 8.99. The first-order chi connectivity index (χ1) is 15.7. The predicted molar refractivity (Wildman–Crippen MR) is 124 cm³/mol. The molecule has 2 bridgehead atoms. The molecule has 0 spiro atoms. The van der Waals surface area contributed by atoms with Gasteiger partial charge >= 0.3 is 6.09 Å². The average molecular weight is 426 g/mol. The van der Waals surface area contributed by atoms with E-state index in [4.69, 9.17) is 4.74 Å². The van der Waals surface area contributed by atoms with Crippen molar-refractivity contribution in [2.75, 3.05) is 0 Å². The number of benzene rings is 3. The van der Waals surface area contributed by atoms with Gasteiger partial charge in [-0.05, 0) is 42.4 Å². The lowest BCUT2D eigenvalue weighted by atomic mass is 9.83. The highest BCUT2D eigenvalue weighted by Gasteiger charge is 2.46. The Kier molecular flexibility index (Phi) is 5.76. The molecule has 0 saturated carbocycles. The summed E-state index contributed by atoms with van der Waals surface area (Å²) in [6, 6.07) is 27.8. The summed E-state index contributed by atoms with van der Waals surface area (Å²) >= 11 is 0. The smallest absolute Gasteiger partial charge is 0.410 e. The van der Waals surface area contributed by atoms with E-state index in [9.17, 15) is 9.59 Å². The highest BCUT2D eigenvalue weighted by atomic mass is 16.6. The number of hydrogen-bond donors (Lipinski definition) is 0. The summed E-state index contributed by atoms with van der Waals surface area (Å²) in [6.07, 6.45) is 3.04. The minimum atomic E-state index is -0.253. The van der Waals surface area contributed by atoms with Gasteiger partial charge in [-0.3, -0.25) is 4.79 Å². The van der Waals surface area contributed by atoms with E-state index in [1.165, 1.54) is 0 Å². The number of Topliss-reactive ketones (excluding diaryl/α,β-unsaturated/α-hetero) is 1. The van der Waals surface area contributed by atoms with Crippen molar-refractivity contribution < 1.29 is 14.3 Å². The van der Waals surface area contributed by atoms with Gasteiger partial charge in [-0.2, -0.15) is 0 Å². The van der Waals surface area contributed by atoms with Crippen LogP contribution in [-0.4, -0.2) is 28.9 Å². The molecule has 162 valence electrons. The lowest BCUT2D eigenvalue weighted by molar-refractivity contribution is 0.0485. The van der Waals surface area contributed by atoms with Gasteiger partial charge in [0.15, 0.2) is 5.78 Å². The van der Waals surface area contributed by atoms with Crippen molar-refractivity contribution in [2.24, 2.45) is 5.92 Å². The van der Waals surface area contributed by atoms with Crippen LogP contribution in [0.15, 0.2) is 84.9 Å². The molecule has 3 aromatic rings. The molecular formula is C28H27NO3. The largest absolute Gasteiger partial charge is 0.445 e. The number of hydrogen-bond acceptors (Lipinski definition) is 3. The maximum absolute atomic E-state index is 13.6. The van der Waals surface area contributed by atoms with Crippen molar-refractivity contribution in [3.63, 3.8) is 0 Å². The highest BCUT2D eigenvalue weighted by Crippen LogP contribution is 2.41. The van der Waals surface area contributed by atoms with Gasteiger partial charge in [0, 0.05) is 23.6 Å². The van der Waals surface area contributed by atoms with Gasteiger partial charge in [0.2, 0.25) is 0 Å². The van der Waals surface area contributed by atoms with Crippen molar-refractivity contribution in [3.8, 4) is 11.1 Å². The predicted octanol–water partition coefficient (Wildman–Crippen LogP) is 6.12. The molecule has 1 amide bonds. The molecule has 2 saturated heterocycles. The number of fused-ring (bicyclic) bond motifs is 2. The van der Waals surface area contributed by atoms with Crippen LogP contribution >= 0.6 is 0 Å². The highest BCUT2D eigenvalue weighted by molar-refractivity contribution is 6.03. The number of carbonyl (C=O) groups excluding carboxylic acids is 2. The fraction of sp³-hybridized carbons (Fsp3) is 0.286. The van der Waals surface area contributed by atoms with Crippen molar-refractivity contribution >= 4 is 11.9 Å². The van der Waals surface area contributed by atoms with E-state index in [1.54, 1.807) is 0 Å². The van der Waals surface area contributed by atoms with Crippen LogP contribution in [0.25, 0.3) is 11.1 Å². The van der Waals surface area contributed by atoms with Gasteiger partial charge in [0.05, 0.1) is 0 Å². The first kappa shape index (κ1) is 20.5. The Morgan fingerprint density at radius 2 is 1.38 bits per heavy atom. The van der Waals surface area contributed by atoms with E-state index in [0.29, 0.717) is 12.8 Å². The van der Waals surface area contributed by atoms with Gasteiger partial charge in [-0.15, -0.1) is 0 Å². The molecular weight excluding hydrogens is 398 g/mol. The standard InChI is InChI=1S/C28H27NO3/c30-27(26-14-8-7-13-25(26)21-11-5-2-6-12-21)22-17-23-15-16-24(18-22)29(23)28(31)32-19-20-9-3-1-4-10-20/h1-14,22-24H,15-19H2. The quantitative estimate of drug-likeness (QED) is 0.463. The number of ketones is 1. The van der Waals surface area contributed by atoms with E-state index in [-0.39, 0.29) is 36.5 Å². The average Bonchev–Trinajstić information content (AvgIpc) is 3.12. The molecule has 0 N–H and O–H groups in total. The zero-order valence-electron chi connectivity index (χ0n) is 18.0. The zero-order valence-corrected chi connectivity index (χ0v) is 18.0. The number of carbonyl (C=O) groups is 2. The minimum Gasteiger partial charge on any atom is -0.445 e. The number of ether oxygens (including phenoxy) is 1. The molecule has 5 rings (SSSR count). The van der Waals surface area contributed by atoms with Crippen molar-refractivity contribution in [2.45, 2.75) is 44.4 Å². The van der Waals surface area contributed by atoms with Crippen LogP contribution in [0.5, 0.6) is 0 Å². The third kappa shape index (κ3) is 4.05. The van der Waals surface area contributed by atoms with Gasteiger partial charge in [-0.1, -0.05) is 84.9 Å². The second-order valence-corrected chi connectivity index (χ2v) is 8.78. The molecule has 0 aromatic heterocycles. The molecule has 2 atom stereocenters. The van der Waals surface area contributed by atoms with E-state index in [1.807, 2.05) is 89.8 Å². The van der Waals surface area contributed by atoms with Crippen molar-refractivity contribution in [3.05, 3.63) is 96.1 Å². The Labute approximate surface area is 188 Å². The van der Waals surface area contributed by atoms with Crippen LogP contribution in [0, 0.1) is 5.92 Å². The molecule has 4 heteroatoms. The van der Waals surface area contributed by atoms with Crippen LogP contribution < -0.4 is 0 Å². The molecule has 2 fully saturated rings. The van der Waals surface area contributed by atoms with Gasteiger partial charge in [0.25, 0.3) is 0 Å². The first-order valence-electron chi connectivity index (χ1n) is 11.4. The Morgan fingerprint density at radius 3 is 2.06 bits per heavy atom. The minimum absolute atomic E-state index is 0.0597. The Bertz CT molecular complexity index is 1080. The first-order valence-corrected chi connectivity index (χ1v) is 11.4. The number of rotatable bonds is 5. The molecule has 32 heavy (non-hydrogen) atoms. The van der Waals surface area contributed by atoms with Crippen LogP contribution in [0.4, 0.5) is 4.79 Å². The van der Waals surface area contributed by atoms with E-state index >= 15 is 0 Å². The molecule has 4 nitrogen and oxygen atoms in total. The fourth-order valence-electron chi connectivity index (χ4n) is 5.27. The topological polar surface area (TPSA) is 46.6 Å². The normalized spacial score (nSPS) is 21.9. The van der Waals surface area contributed by atoms with Crippen LogP contribution in [0.2, 0.25) is 0 Å². The summed E-state index contributed by atoms with van der Waals surface area (Å²) in [7, 11) is 0. The third-order valence-corrected chi connectivity index (χ3v) is 6.80. The van der Waals surface area contributed by atoms with Gasteiger partial charge in [0.1, 0.15) is 6.61 Å². The zero-order chi connectivity index (χ0) is 21.9. The number of piperidine rings is 1. The fourth-order valence-corrected chi connectivity index (χ4v) is 5.27. The molecule has 2 aliphatic heterocycles. The molecule has 2 aliphatic rings. The maximum atomic E-state index is 13.6. The van der Waals surface area contributed by atoms with E-state index < -0.39 is 0 Å². The second-order valence-electron chi connectivity index (χ2n) is 8.78. The number of amides is 1. The Balaban J connectivity index is 1.29. The Morgan fingerprint density at radius 1 is 0.781 bits per heavy atom. The number of nitrogens with zero attached hydrogens (tertiary/aromatic N) is 1. The molecule has 2 heterocycles. The summed E-state index contributed by atoms with van der Waals surface area (Å²) in [5.41, 5.74) is 3.80. The van der Waals surface area contributed by atoms with Crippen LogP contribution in [-0.2, 0) is 11.3 Å². The monoisotopic (exact) mass is 425 g/mol. The Hall–Kier alpha value is -3.40. The van der Waals surface area contributed by atoms with E-state index in [2.05, 4.69) is 0 Å². The lowest BCUT2D eigenvalue weighted by Crippen LogP contribution is -2.48. The summed E-state index contributed by atoms with van der Waals surface area (Å²) in [4.78, 5) is 28.3. The summed E-state index contributed by atoms with van der Waals surface area (Å²) < 4.78 is 5.61. The molecule has 2 unspecified atom stereocenters. The van der Waals surface area contributed by atoms with Crippen molar-refractivity contribution in [1.82, 2.24) is 4.90 Å². The SMILES string of the molecule is O=C(c1ccccc1-c1ccccc1)C1CC2CCC(C1)N2C(=O)OCc1ccccc1.